The number of fused-ring (bicyclic) bond motifs is 1. The predicted octanol–water partition coefficient (Wildman–Crippen LogP) is 4.13. The summed E-state index contributed by atoms with van der Waals surface area (Å²) in [6.45, 7) is 0. The fraction of sp³-hybridized carbons (Fsp3) is 0.167. The molecule has 0 bridgehead atoms. The molecule has 0 radical (unpaired) electrons. The van der Waals surface area contributed by atoms with E-state index in [0.717, 1.165) is 17.5 Å². The van der Waals surface area contributed by atoms with Crippen LogP contribution in [0.3, 0.4) is 0 Å². The van der Waals surface area contributed by atoms with Gasteiger partial charge in [-0.2, -0.15) is 23.4 Å². The second-order valence-electron chi connectivity index (χ2n) is 6.09. The summed E-state index contributed by atoms with van der Waals surface area (Å²) in [5.41, 5.74) is 0.725. The summed E-state index contributed by atoms with van der Waals surface area (Å²) in [5.74, 6) is 1.47. The topological polar surface area (TPSA) is 80.7 Å². The van der Waals surface area contributed by atoms with Crippen molar-refractivity contribution in [3.63, 3.8) is 0 Å². The van der Waals surface area contributed by atoms with Crippen LogP contribution in [0, 0.1) is 0 Å². The molecule has 0 fully saturated rings. The highest BCUT2D eigenvalue weighted by atomic mass is 19.4. The van der Waals surface area contributed by atoms with Crippen molar-refractivity contribution in [3.05, 3.63) is 48.2 Å². The Morgan fingerprint density at radius 3 is 2.71 bits per heavy atom. The first-order chi connectivity index (χ1) is 13.3. The molecule has 0 aliphatic carbocycles. The summed E-state index contributed by atoms with van der Waals surface area (Å²) in [6, 6.07) is 8.34. The third kappa shape index (κ3) is 3.24. The molecule has 0 unspecified atom stereocenters. The molecular formula is C18H15F3N6O. The van der Waals surface area contributed by atoms with Gasteiger partial charge in [-0.3, -0.25) is 9.78 Å². The van der Waals surface area contributed by atoms with Gasteiger partial charge in [0.05, 0.1) is 30.0 Å². The lowest BCUT2D eigenvalue weighted by molar-refractivity contribution is -0.137. The second-order valence-corrected chi connectivity index (χ2v) is 6.09. The number of anilines is 2. The first kappa shape index (κ1) is 17.8. The molecule has 0 amide bonds. The molecule has 10 heteroatoms. The number of alkyl halides is 3. The van der Waals surface area contributed by atoms with Crippen molar-refractivity contribution in [2.75, 3.05) is 12.4 Å². The molecule has 4 aromatic rings. The van der Waals surface area contributed by atoms with Crippen molar-refractivity contribution in [3.8, 4) is 17.0 Å². The average Bonchev–Trinajstić information content (AvgIpc) is 3.28. The number of pyridine rings is 1. The monoisotopic (exact) mass is 388 g/mol. The molecular weight excluding hydrogens is 373 g/mol. The Hall–Kier alpha value is -3.56. The quantitative estimate of drug-likeness (QED) is 0.550. The minimum absolute atomic E-state index is 0.378. The van der Waals surface area contributed by atoms with E-state index in [9.17, 15) is 13.2 Å². The van der Waals surface area contributed by atoms with Gasteiger partial charge in [-0.05, 0) is 12.1 Å². The number of aromatic nitrogens is 5. The number of hydrogen-bond acceptors (Lipinski definition) is 5. The highest BCUT2D eigenvalue weighted by Crippen LogP contribution is 2.33. The van der Waals surface area contributed by atoms with Gasteiger partial charge in [0.1, 0.15) is 11.6 Å². The van der Waals surface area contributed by atoms with Crippen molar-refractivity contribution in [1.29, 1.82) is 0 Å². The van der Waals surface area contributed by atoms with E-state index < -0.39 is 11.7 Å². The van der Waals surface area contributed by atoms with E-state index in [1.165, 1.54) is 6.07 Å². The van der Waals surface area contributed by atoms with Gasteiger partial charge in [0.15, 0.2) is 11.5 Å². The summed E-state index contributed by atoms with van der Waals surface area (Å²) < 4.78 is 45.7. The van der Waals surface area contributed by atoms with Crippen molar-refractivity contribution in [2.24, 2.45) is 7.05 Å². The van der Waals surface area contributed by atoms with Gasteiger partial charge in [0.25, 0.3) is 0 Å². The van der Waals surface area contributed by atoms with E-state index >= 15 is 0 Å². The highest BCUT2D eigenvalue weighted by Gasteiger charge is 2.30. The van der Waals surface area contributed by atoms with Gasteiger partial charge in [0.2, 0.25) is 0 Å². The van der Waals surface area contributed by atoms with Crippen LogP contribution >= 0.6 is 0 Å². The van der Waals surface area contributed by atoms with Crippen LogP contribution in [0.2, 0.25) is 0 Å². The molecule has 2 N–H and O–H groups in total. The molecule has 28 heavy (non-hydrogen) atoms. The average molecular weight is 388 g/mol. The maximum Gasteiger partial charge on any atom is 0.416 e. The molecule has 144 valence electrons. The van der Waals surface area contributed by atoms with Crippen LogP contribution in [0.15, 0.2) is 42.6 Å². The Balaban J connectivity index is 1.64. The number of halogens is 3. The second kappa shape index (κ2) is 6.55. The lowest BCUT2D eigenvalue weighted by atomic mass is 10.1. The number of benzene rings is 1. The summed E-state index contributed by atoms with van der Waals surface area (Å²) >= 11 is 0. The molecule has 0 atom stereocenters. The van der Waals surface area contributed by atoms with Crippen LogP contribution in [-0.2, 0) is 13.2 Å². The molecule has 7 nitrogen and oxygen atoms in total. The molecule has 3 aromatic heterocycles. The third-order valence-corrected chi connectivity index (χ3v) is 4.22. The van der Waals surface area contributed by atoms with E-state index in [2.05, 4.69) is 25.6 Å². The van der Waals surface area contributed by atoms with Gasteiger partial charge in [-0.15, -0.1) is 0 Å². The number of nitrogens with zero attached hydrogens (tertiary/aromatic N) is 4. The first-order valence-electron chi connectivity index (χ1n) is 8.22. The van der Waals surface area contributed by atoms with Crippen LogP contribution < -0.4 is 10.1 Å². The van der Waals surface area contributed by atoms with Crippen LogP contribution in [0.4, 0.5) is 24.8 Å². The number of ether oxygens (including phenoxy) is 1. The number of aryl methyl sites for hydroxylation is 1. The van der Waals surface area contributed by atoms with E-state index in [1.807, 2.05) is 0 Å². The van der Waals surface area contributed by atoms with Crippen LogP contribution in [-0.4, -0.2) is 32.1 Å². The summed E-state index contributed by atoms with van der Waals surface area (Å²) in [6.07, 6.45) is -2.75. The summed E-state index contributed by atoms with van der Waals surface area (Å²) in [7, 11) is 3.31. The minimum Gasteiger partial charge on any atom is -0.496 e. The lowest BCUT2D eigenvalue weighted by Crippen LogP contribution is -2.04. The normalized spacial score (nSPS) is 11.8. The molecule has 0 saturated heterocycles. The molecule has 4 rings (SSSR count). The molecule has 3 heterocycles. The maximum atomic E-state index is 12.9. The fourth-order valence-electron chi connectivity index (χ4n) is 2.85. The van der Waals surface area contributed by atoms with Gasteiger partial charge in [-0.1, -0.05) is 12.1 Å². The van der Waals surface area contributed by atoms with E-state index in [4.69, 9.17) is 4.74 Å². The Morgan fingerprint density at radius 1 is 1.14 bits per heavy atom. The Labute approximate surface area is 157 Å². The lowest BCUT2D eigenvalue weighted by Gasteiger charge is -2.07. The van der Waals surface area contributed by atoms with Gasteiger partial charge < -0.3 is 10.1 Å². The fourth-order valence-corrected chi connectivity index (χ4v) is 2.85. The molecule has 0 aliphatic heterocycles. The van der Waals surface area contributed by atoms with Gasteiger partial charge in [0, 0.05) is 24.7 Å². The zero-order valence-electron chi connectivity index (χ0n) is 14.9. The smallest absolute Gasteiger partial charge is 0.416 e. The van der Waals surface area contributed by atoms with Gasteiger partial charge in [-0.25, -0.2) is 4.98 Å². The summed E-state index contributed by atoms with van der Waals surface area (Å²) in [4.78, 5) is 4.47. The highest BCUT2D eigenvalue weighted by molar-refractivity contribution is 5.84. The number of H-pyrrole nitrogens is 1. The number of nitrogens with one attached hydrogen (secondary N) is 2. The van der Waals surface area contributed by atoms with Gasteiger partial charge >= 0.3 is 6.18 Å². The number of methoxy groups -OCH3 is 1. The third-order valence-electron chi connectivity index (χ3n) is 4.22. The molecule has 0 aliphatic rings. The van der Waals surface area contributed by atoms with E-state index in [1.54, 1.807) is 43.2 Å². The first-order valence-corrected chi connectivity index (χ1v) is 8.22. The molecule has 0 spiro atoms. The number of hydrogen-bond donors (Lipinski definition) is 2. The van der Waals surface area contributed by atoms with Crippen molar-refractivity contribution >= 4 is 22.7 Å². The standard InChI is InChI=1S/C18H15F3N6O/c1-27-17-12(9-22-27)14(28-2)8-15(24-17)23-16-7-13(25-26-16)10-4-3-5-11(6-10)18(19,20)21/h3-9H,1-2H3,(H2,23,24,25,26). The summed E-state index contributed by atoms with van der Waals surface area (Å²) in [5, 5.41) is 14.8. The van der Waals surface area contributed by atoms with Crippen molar-refractivity contribution in [2.45, 2.75) is 6.18 Å². The predicted molar refractivity (Wildman–Crippen MR) is 97.4 cm³/mol. The van der Waals surface area contributed by atoms with Crippen LogP contribution in [0.5, 0.6) is 5.75 Å². The van der Waals surface area contributed by atoms with Crippen molar-refractivity contribution < 1.29 is 17.9 Å². The van der Waals surface area contributed by atoms with E-state index in [-0.39, 0.29) is 0 Å². The molecule has 0 saturated carbocycles. The minimum atomic E-state index is -4.41. The largest absolute Gasteiger partial charge is 0.496 e. The maximum absolute atomic E-state index is 12.9. The van der Waals surface area contributed by atoms with Crippen LogP contribution in [0.25, 0.3) is 22.3 Å². The Morgan fingerprint density at radius 2 is 1.96 bits per heavy atom. The van der Waals surface area contributed by atoms with Crippen LogP contribution in [0.1, 0.15) is 5.56 Å². The number of aromatic amines is 1. The number of rotatable bonds is 4. The van der Waals surface area contributed by atoms with Crippen molar-refractivity contribution in [1.82, 2.24) is 25.0 Å². The van der Waals surface area contributed by atoms with E-state index in [0.29, 0.717) is 34.3 Å². The molecule has 1 aromatic carbocycles. The SMILES string of the molecule is COc1cc(Nc2cc(-c3cccc(C(F)(F)F)c3)[nH]n2)nc2c1cnn2C. The Kier molecular flexibility index (Phi) is 4.17. The Bertz CT molecular complexity index is 1150. The zero-order chi connectivity index (χ0) is 19.9. The zero-order valence-corrected chi connectivity index (χ0v) is 14.9.